The lowest BCUT2D eigenvalue weighted by molar-refractivity contribution is -0.127. The molecule has 2 rings (SSSR count). The fourth-order valence-corrected chi connectivity index (χ4v) is 2.26. The van der Waals surface area contributed by atoms with E-state index < -0.39 is 12.0 Å². The first-order chi connectivity index (χ1) is 11.4. The molecule has 0 saturated heterocycles. The van der Waals surface area contributed by atoms with Gasteiger partial charge in [-0.15, -0.1) is 0 Å². The number of nitrogens with one attached hydrogen (secondary N) is 1. The Bertz CT molecular complexity index is 761. The van der Waals surface area contributed by atoms with Crippen LogP contribution in [-0.2, 0) is 4.79 Å². The average molecular weight is 367 g/mol. The van der Waals surface area contributed by atoms with Crippen molar-refractivity contribution in [1.82, 2.24) is 5.43 Å². The van der Waals surface area contributed by atoms with E-state index in [2.05, 4.69) is 10.5 Å². The second kappa shape index (κ2) is 8.04. The summed E-state index contributed by atoms with van der Waals surface area (Å²) < 4.78 is 5.51. The van der Waals surface area contributed by atoms with Gasteiger partial charge in [0.15, 0.2) is 6.10 Å². The first-order valence-corrected chi connectivity index (χ1v) is 7.87. The SMILES string of the molecule is CC(=NNC(=O)C(C)Oc1ccc(Cl)cc1Cl)c1ccc(O)cc1. The zero-order chi connectivity index (χ0) is 17.7. The molecule has 0 aliphatic carbocycles. The third kappa shape index (κ3) is 4.88. The Morgan fingerprint density at radius 3 is 2.50 bits per heavy atom. The molecule has 0 aromatic heterocycles. The Hall–Kier alpha value is -2.24. The Kier molecular flexibility index (Phi) is 6.06. The lowest BCUT2D eigenvalue weighted by atomic mass is 10.1. The predicted molar refractivity (Wildman–Crippen MR) is 95.0 cm³/mol. The molecule has 1 unspecified atom stereocenters. The van der Waals surface area contributed by atoms with Gasteiger partial charge in [0.1, 0.15) is 11.5 Å². The second-order valence-corrected chi connectivity index (χ2v) is 5.90. The molecular weight excluding hydrogens is 351 g/mol. The number of amides is 1. The number of aromatic hydroxyl groups is 1. The van der Waals surface area contributed by atoms with E-state index in [4.69, 9.17) is 27.9 Å². The van der Waals surface area contributed by atoms with Crippen molar-refractivity contribution >= 4 is 34.8 Å². The summed E-state index contributed by atoms with van der Waals surface area (Å²) in [6, 6.07) is 11.3. The number of benzene rings is 2. The molecule has 126 valence electrons. The zero-order valence-electron chi connectivity index (χ0n) is 13.1. The maximum absolute atomic E-state index is 12.1. The van der Waals surface area contributed by atoms with Gasteiger partial charge in [-0.05, 0) is 61.9 Å². The molecule has 2 aromatic rings. The van der Waals surface area contributed by atoms with Gasteiger partial charge in [0.05, 0.1) is 10.7 Å². The number of rotatable bonds is 5. The number of phenols is 1. The highest BCUT2D eigenvalue weighted by molar-refractivity contribution is 6.35. The van der Waals surface area contributed by atoms with Crippen molar-refractivity contribution in [2.24, 2.45) is 5.10 Å². The van der Waals surface area contributed by atoms with Crippen molar-refractivity contribution in [3.63, 3.8) is 0 Å². The van der Waals surface area contributed by atoms with E-state index >= 15 is 0 Å². The van der Waals surface area contributed by atoms with E-state index in [1.54, 1.807) is 50.2 Å². The quantitative estimate of drug-likeness (QED) is 0.620. The molecule has 0 radical (unpaired) electrons. The van der Waals surface area contributed by atoms with Crippen LogP contribution in [0.1, 0.15) is 19.4 Å². The van der Waals surface area contributed by atoms with Crippen molar-refractivity contribution in [3.05, 3.63) is 58.1 Å². The van der Waals surface area contributed by atoms with E-state index in [9.17, 15) is 9.90 Å². The Morgan fingerprint density at radius 2 is 1.88 bits per heavy atom. The molecule has 0 fully saturated rings. The predicted octanol–water partition coefficient (Wildman–Crippen LogP) is 4.01. The van der Waals surface area contributed by atoms with Crippen LogP contribution in [0.4, 0.5) is 0 Å². The topological polar surface area (TPSA) is 70.9 Å². The summed E-state index contributed by atoms with van der Waals surface area (Å²) in [6.45, 7) is 3.33. The molecule has 0 aliphatic heterocycles. The minimum atomic E-state index is -0.792. The molecule has 5 nitrogen and oxygen atoms in total. The van der Waals surface area contributed by atoms with Crippen LogP contribution >= 0.6 is 23.2 Å². The van der Waals surface area contributed by atoms with E-state index in [0.717, 1.165) is 5.56 Å². The number of carbonyl (C=O) groups excluding carboxylic acids is 1. The highest BCUT2D eigenvalue weighted by Crippen LogP contribution is 2.28. The van der Waals surface area contributed by atoms with Crippen LogP contribution in [0.25, 0.3) is 0 Å². The van der Waals surface area contributed by atoms with Crippen LogP contribution in [0.2, 0.25) is 10.0 Å². The third-order valence-electron chi connectivity index (χ3n) is 3.19. The number of halogens is 2. The van der Waals surface area contributed by atoms with Crippen LogP contribution in [0.5, 0.6) is 11.5 Å². The Labute approximate surface area is 149 Å². The molecule has 0 aliphatic rings. The third-order valence-corrected chi connectivity index (χ3v) is 3.72. The van der Waals surface area contributed by atoms with Gasteiger partial charge in [-0.25, -0.2) is 5.43 Å². The van der Waals surface area contributed by atoms with Gasteiger partial charge < -0.3 is 9.84 Å². The van der Waals surface area contributed by atoms with Crippen LogP contribution < -0.4 is 10.2 Å². The van der Waals surface area contributed by atoms with Gasteiger partial charge in [-0.1, -0.05) is 23.2 Å². The summed E-state index contributed by atoms with van der Waals surface area (Å²) in [5, 5.41) is 14.1. The summed E-state index contributed by atoms with van der Waals surface area (Å²) >= 11 is 11.8. The minimum absolute atomic E-state index is 0.164. The lowest BCUT2D eigenvalue weighted by Crippen LogP contribution is -2.34. The van der Waals surface area contributed by atoms with Crippen LogP contribution in [0, 0.1) is 0 Å². The normalized spacial score (nSPS) is 12.6. The summed E-state index contributed by atoms with van der Waals surface area (Å²) in [6.07, 6.45) is -0.792. The number of hydrazone groups is 1. The van der Waals surface area contributed by atoms with Gasteiger partial charge >= 0.3 is 0 Å². The minimum Gasteiger partial charge on any atom is -0.508 e. The first kappa shape index (κ1) is 18.1. The zero-order valence-corrected chi connectivity index (χ0v) is 14.6. The highest BCUT2D eigenvalue weighted by atomic mass is 35.5. The van der Waals surface area contributed by atoms with Crippen LogP contribution in [0.3, 0.4) is 0 Å². The second-order valence-electron chi connectivity index (χ2n) is 5.05. The highest BCUT2D eigenvalue weighted by Gasteiger charge is 2.16. The summed E-state index contributed by atoms with van der Waals surface area (Å²) in [5.74, 6) is 0.111. The van der Waals surface area contributed by atoms with Gasteiger partial charge in [-0.2, -0.15) is 5.10 Å². The lowest BCUT2D eigenvalue weighted by Gasteiger charge is -2.14. The van der Waals surface area contributed by atoms with E-state index in [1.165, 1.54) is 6.07 Å². The smallest absolute Gasteiger partial charge is 0.280 e. The molecule has 7 heteroatoms. The molecule has 0 saturated carbocycles. The van der Waals surface area contributed by atoms with E-state index in [1.807, 2.05) is 0 Å². The summed E-state index contributed by atoms with van der Waals surface area (Å²) in [5.41, 5.74) is 3.82. The molecule has 0 spiro atoms. The van der Waals surface area contributed by atoms with Crippen molar-refractivity contribution in [3.8, 4) is 11.5 Å². The molecule has 0 bridgehead atoms. The number of hydrogen-bond acceptors (Lipinski definition) is 4. The molecule has 1 amide bonds. The summed E-state index contributed by atoms with van der Waals surface area (Å²) in [4.78, 5) is 12.1. The maximum atomic E-state index is 12.1. The monoisotopic (exact) mass is 366 g/mol. The first-order valence-electron chi connectivity index (χ1n) is 7.12. The van der Waals surface area contributed by atoms with Gasteiger partial charge in [0.2, 0.25) is 0 Å². The number of ether oxygens (including phenoxy) is 1. The number of phenolic OH excluding ortho intramolecular Hbond substituents is 1. The Morgan fingerprint density at radius 1 is 1.21 bits per heavy atom. The van der Waals surface area contributed by atoms with Gasteiger partial charge in [-0.3, -0.25) is 4.79 Å². The number of carbonyl (C=O) groups is 1. The molecule has 2 N–H and O–H groups in total. The van der Waals surface area contributed by atoms with Crippen LogP contribution in [0.15, 0.2) is 47.6 Å². The van der Waals surface area contributed by atoms with E-state index in [0.29, 0.717) is 21.5 Å². The van der Waals surface area contributed by atoms with Crippen molar-refractivity contribution in [1.29, 1.82) is 0 Å². The van der Waals surface area contributed by atoms with Gasteiger partial charge in [0.25, 0.3) is 5.91 Å². The molecule has 0 heterocycles. The Balaban J connectivity index is 1.98. The summed E-state index contributed by atoms with van der Waals surface area (Å²) in [7, 11) is 0. The van der Waals surface area contributed by atoms with Crippen molar-refractivity contribution < 1.29 is 14.6 Å². The van der Waals surface area contributed by atoms with Crippen molar-refractivity contribution in [2.75, 3.05) is 0 Å². The molecule has 2 aromatic carbocycles. The fourth-order valence-electron chi connectivity index (χ4n) is 1.81. The van der Waals surface area contributed by atoms with Gasteiger partial charge in [0, 0.05) is 5.02 Å². The fraction of sp³-hybridized carbons (Fsp3) is 0.176. The maximum Gasteiger partial charge on any atom is 0.280 e. The largest absolute Gasteiger partial charge is 0.508 e. The number of hydrogen-bond donors (Lipinski definition) is 2. The standard InChI is InChI=1S/C17H16Cl2N2O3/c1-10(12-3-6-14(22)7-4-12)20-21-17(23)11(2)24-16-8-5-13(18)9-15(16)19/h3-9,11,22H,1-2H3,(H,21,23). The number of nitrogens with zero attached hydrogens (tertiary/aromatic N) is 1. The molecular formula is C17H16Cl2N2O3. The molecule has 1 atom stereocenters. The average Bonchev–Trinajstić information content (AvgIpc) is 2.55. The van der Waals surface area contributed by atoms with E-state index in [-0.39, 0.29) is 5.75 Å². The molecule has 24 heavy (non-hydrogen) atoms. The van der Waals surface area contributed by atoms with Crippen molar-refractivity contribution in [2.45, 2.75) is 20.0 Å². The van der Waals surface area contributed by atoms with Crippen LogP contribution in [-0.4, -0.2) is 22.8 Å².